The number of alkyl halides is 1. The van der Waals surface area contributed by atoms with Crippen LogP contribution in [-0.2, 0) is 0 Å². The molecule has 0 unspecified atom stereocenters. The van der Waals surface area contributed by atoms with Gasteiger partial charge in [-0.3, -0.25) is 0 Å². The summed E-state index contributed by atoms with van der Waals surface area (Å²) in [6.07, 6.45) is 2.41. The van der Waals surface area contributed by atoms with Gasteiger partial charge in [-0.15, -0.1) is 11.8 Å². The predicted molar refractivity (Wildman–Crippen MR) is 80.5 cm³/mol. The van der Waals surface area contributed by atoms with Crippen LogP contribution in [0.2, 0.25) is 0 Å². The maximum absolute atomic E-state index is 5.38. The van der Waals surface area contributed by atoms with Gasteiger partial charge in [-0.2, -0.15) is 0 Å². The smallest absolute Gasteiger partial charge is 0.132 e. The van der Waals surface area contributed by atoms with Gasteiger partial charge < -0.3 is 4.74 Å². The molecule has 1 rings (SSSR count). The summed E-state index contributed by atoms with van der Waals surface area (Å²) in [7, 11) is 1.73. The van der Waals surface area contributed by atoms with E-state index < -0.39 is 0 Å². The van der Waals surface area contributed by atoms with Crippen molar-refractivity contribution in [1.82, 2.24) is 0 Å². The molecule has 3 heteroatoms. The molecule has 1 aromatic rings. The Bertz CT molecular complexity index is 328. The van der Waals surface area contributed by atoms with Crippen molar-refractivity contribution in [3.8, 4) is 5.75 Å². The third-order valence-electron chi connectivity index (χ3n) is 3.39. The minimum atomic E-state index is 0.394. The van der Waals surface area contributed by atoms with Crippen molar-refractivity contribution in [2.75, 3.05) is 18.2 Å². The van der Waals surface area contributed by atoms with E-state index in [9.17, 15) is 0 Å². The van der Waals surface area contributed by atoms with Gasteiger partial charge in [-0.05, 0) is 30.4 Å². The van der Waals surface area contributed by atoms with Gasteiger partial charge in [-0.1, -0.05) is 41.9 Å². The Morgan fingerprint density at radius 2 is 1.88 bits per heavy atom. The lowest BCUT2D eigenvalue weighted by Crippen LogP contribution is -2.23. The maximum atomic E-state index is 5.38. The predicted octanol–water partition coefficient (Wildman–Crippen LogP) is 4.99. The van der Waals surface area contributed by atoms with E-state index in [1.807, 2.05) is 23.9 Å². The number of halogens is 1. The van der Waals surface area contributed by atoms with E-state index in [0.29, 0.717) is 5.41 Å². The first-order valence-electron chi connectivity index (χ1n) is 6.03. The summed E-state index contributed by atoms with van der Waals surface area (Å²) >= 11 is 5.56. The number of benzene rings is 1. The van der Waals surface area contributed by atoms with Crippen molar-refractivity contribution >= 4 is 27.7 Å². The molecule has 0 amide bonds. The van der Waals surface area contributed by atoms with Gasteiger partial charge in [0.05, 0.1) is 7.11 Å². The number of ether oxygens (including phenoxy) is 1. The maximum Gasteiger partial charge on any atom is 0.132 e. The molecule has 0 spiro atoms. The lowest BCUT2D eigenvalue weighted by atomic mass is 9.87. The molecule has 0 aliphatic carbocycles. The summed E-state index contributed by atoms with van der Waals surface area (Å²) in [6.45, 7) is 4.54. The summed E-state index contributed by atoms with van der Waals surface area (Å²) in [5, 5.41) is 1.06. The monoisotopic (exact) mass is 316 g/mol. The first-order valence-corrected chi connectivity index (χ1v) is 8.14. The van der Waals surface area contributed by atoms with E-state index in [0.717, 1.165) is 16.8 Å². The second kappa shape index (κ2) is 7.32. The van der Waals surface area contributed by atoms with Crippen LogP contribution in [0.15, 0.2) is 29.2 Å². The van der Waals surface area contributed by atoms with Crippen molar-refractivity contribution in [1.29, 1.82) is 0 Å². The molecule has 0 radical (unpaired) electrons. The van der Waals surface area contributed by atoms with E-state index in [1.165, 1.54) is 17.7 Å². The molecule has 0 saturated heterocycles. The van der Waals surface area contributed by atoms with Gasteiger partial charge in [0.2, 0.25) is 0 Å². The molecule has 0 bridgehead atoms. The van der Waals surface area contributed by atoms with E-state index in [-0.39, 0.29) is 0 Å². The van der Waals surface area contributed by atoms with Crippen LogP contribution in [0.5, 0.6) is 5.75 Å². The van der Waals surface area contributed by atoms with Crippen LogP contribution in [0, 0.1) is 5.41 Å². The van der Waals surface area contributed by atoms with Crippen molar-refractivity contribution < 1.29 is 4.74 Å². The Balaban J connectivity index is 2.71. The van der Waals surface area contributed by atoms with Crippen molar-refractivity contribution in [2.24, 2.45) is 5.41 Å². The van der Waals surface area contributed by atoms with Crippen LogP contribution in [-0.4, -0.2) is 18.2 Å². The summed E-state index contributed by atoms with van der Waals surface area (Å²) < 4.78 is 5.38. The Hall–Kier alpha value is -0.150. The molecular weight excluding hydrogens is 296 g/mol. The molecule has 1 nitrogen and oxygen atoms in total. The van der Waals surface area contributed by atoms with Crippen molar-refractivity contribution in [3.05, 3.63) is 24.3 Å². The van der Waals surface area contributed by atoms with Gasteiger partial charge in [0.1, 0.15) is 5.75 Å². The van der Waals surface area contributed by atoms with Crippen LogP contribution in [0.1, 0.15) is 26.7 Å². The molecule has 1 aromatic carbocycles. The molecule has 96 valence electrons. The van der Waals surface area contributed by atoms with E-state index in [4.69, 9.17) is 4.74 Å². The molecule has 0 heterocycles. The molecule has 0 aliphatic rings. The molecule has 0 aromatic heterocycles. The number of para-hydroxylation sites is 1. The zero-order chi connectivity index (χ0) is 12.7. The fourth-order valence-electron chi connectivity index (χ4n) is 1.65. The van der Waals surface area contributed by atoms with E-state index in [2.05, 4.69) is 41.9 Å². The Kier molecular flexibility index (Phi) is 6.42. The third kappa shape index (κ3) is 3.92. The number of thioether (sulfide) groups is 1. The standard InChI is InChI=1S/C14H21BrOS/c1-4-14(5-2,10-15)11-17-13-9-7-6-8-12(13)16-3/h6-9H,4-5,10-11H2,1-3H3. The molecule has 0 atom stereocenters. The first-order chi connectivity index (χ1) is 8.21. The first kappa shape index (κ1) is 14.9. The van der Waals surface area contributed by atoms with Crippen molar-refractivity contribution in [2.45, 2.75) is 31.6 Å². The number of hydrogen-bond acceptors (Lipinski definition) is 2. The lowest BCUT2D eigenvalue weighted by Gasteiger charge is -2.29. The molecule has 0 aliphatic heterocycles. The van der Waals surface area contributed by atoms with Crippen LogP contribution >= 0.6 is 27.7 Å². The summed E-state index contributed by atoms with van der Waals surface area (Å²) in [5.74, 6) is 2.11. The molecule has 0 saturated carbocycles. The Morgan fingerprint density at radius 1 is 1.24 bits per heavy atom. The van der Waals surface area contributed by atoms with Gasteiger partial charge in [0.25, 0.3) is 0 Å². The fraction of sp³-hybridized carbons (Fsp3) is 0.571. The zero-order valence-corrected chi connectivity index (χ0v) is 13.2. The van der Waals surface area contributed by atoms with Gasteiger partial charge in [-0.25, -0.2) is 0 Å². The minimum absolute atomic E-state index is 0.394. The normalized spacial score (nSPS) is 11.5. The largest absolute Gasteiger partial charge is 0.496 e. The highest BCUT2D eigenvalue weighted by atomic mass is 79.9. The molecule has 17 heavy (non-hydrogen) atoms. The molecule has 0 fully saturated rings. The lowest BCUT2D eigenvalue weighted by molar-refractivity contribution is 0.358. The summed E-state index contributed by atoms with van der Waals surface area (Å²) in [6, 6.07) is 8.24. The molecular formula is C14H21BrOS. The SMILES string of the molecule is CCC(CC)(CBr)CSc1ccccc1OC. The average Bonchev–Trinajstić information content (AvgIpc) is 2.41. The van der Waals surface area contributed by atoms with Crippen molar-refractivity contribution in [3.63, 3.8) is 0 Å². The number of rotatable bonds is 7. The summed E-state index contributed by atoms with van der Waals surface area (Å²) in [5.41, 5.74) is 0.394. The highest BCUT2D eigenvalue weighted by Gasteiger charge is 2.25. The van der Waals surface area contributed by atoms with Crippen LogP contribution < -0.4 is 4.74 Å². The molecule has 0 N–H and O–H groups in total. The fourth-order valence-corrected chi connectivity index (χ4v) is 4.34. The van der Waals surface area contributed by atoms with E-state index in [1.54, 1.807) is 7.11 Å². The second-order valence-electron chi connectivity index (χ2n) is 4.28. The quantitative estimate of drug-likeness (QED) is 0.517. The van der Waals surface area contributed by atoms with Crippen LogP contribution in [0.25, 0.3) is 0 Å². The highest BCUT2D eigenvalue weighted by Crippen LogP contribution is 2.38. The van der Waals surface area contributed by atoms with Gasteiger partial charge in [0.15, 0.2) is 0 Å². The summed E-state index contributed by atoms with van der Waals surface area (Å²) in [4.78, 5) is 1.24. The average molecular weight is 317 g/mol. The Morgan fingerprint density at radius 3 is 2.41 bits per heavy atom. The van der Waals surface area contributed by atoms with Gasteiger partial charge >= 0.3 is 0 Å². The Labute approximate surface area is 117 Å². The minimum Gasteiger partial charge on any atom is -0.496 e. The highest BCUT2D eigenvalue weighted by molar-refractivity contribution is 9.09. The van der Waals surface area contributed by atoms with E-state index >= 15 is 0 Å². The number of hydrogen-bond donors (Lipinski definition) is 0. The van der Waals surface area contributed by atoms with Crippen LogP contribution in [0.3, 0.4) is 0 Å². The zero-order valence-electron chi connectivity index (χ0n) is 10.8. The third-order valence-corrected chi connectivity index (χ3v) is 5.98. The van der Waals surface area contributed by atoms with Crippen LogP contribution in [0.4, 0.5) is 0 Å². The van der Waals surface area contributed by atoms with Gasteiger partial charge in [0, 0.05) is 16.0 Å². The number of methoxy groups -OCH3 is 1. The second-order valence-corrected chi connectivity index (χ2v) is 5.86. The topological polar surface area (TPSA) is 9.23 Å².